The van der Waals surface area contributed by atoms with E-state index in [2.05, 4.69) is 20.5 Å². The third kappa shape index (κ3) is 3.54. The van der Waals surface area contributed by atoms with Crippen molar-refractivity contribution >= 4 is 33.7 Å². The minimum Gasteiger partial charge on any atom is -0.295 e. The molecule has 0 aliphatic heterocycles. The fourth-order valence-electron chi connectivity index (χ4n) is 2.34. The van der Waals surface area contributed by atoms with Gasteiger partial charge in [-0.15, -0.1) is 21.5 Å². The van der Waals surface area contributed by atoms with Crippen molar-refractivity contribution in [3.8, 4) is 21.1 Å². The number of rotatable bonds is 4. The van der Waals surface area contributed by atoms with E-state index in [1.165, 1.54) is 28.2 Å². The number of thiazole rings is 1. The molecule has 0 bridgehead atoms. The van der Waals surface area contributed by atoms with Gasteiger partial charge in [0.15, 0.2) is 0 Å². The van der Waals surface area contributed by atoms with E-state index in [1.807, 2.05) is 61.5 Å². The van der Waals surface area contributed by atoms with Gasteiger partial charge in [-0.3, -0.25) is 10.1 Å². The number of carbonyl (C=O) groups is 1. The number of amides is 1. The van der Waals surface area contributed by atoms with Crippen molar-refractivity contribution in [1.82, 2.24) is 15.2 Å². The third-order valence-corrected chi connectivity index (χ3v) is 5.48. The predicted octanol–water partition coefficient (Wildman–Crippen LogP) is 4.89. The summed E-state index contributed by atoms with van der Waals surface area (Å²) in [7, 11) is 0. The predicted molar refractivity (Wildman–Crippen MR) is 106 cm³/mol. The number of hydrogen-bond acceptors (Lipinski definition) is 6. The highest BCUT2D eigenvalue weighted by molar-refractivity contribution is 7.18. The molecule has 0 saturated carbocycles. The van der Waals surface area contributed by atoms with Crippen LogP contribution in [-0.4, -0.2) is 21.1 Å². The first-order valence-electron chi connectivity index (χ1n) is 7.92. The summed E-state index contributed by atoms with van der Waals surface area (Å²) in [4.78, 5) is 16.9. The van der Waals surface area contributed by atoms with Crippen LogP contribution in [0.4, 0.5) is 5.13 Å². The zero-order valence-electron chi connectivity index (χ0n) is 13.8. The lowest BCUT2D eigenvalue weighted by atomic mass is 10.2. The van der Waals surface area contributed by atoms with Crippen molar-refractivity contribution < 1.29 is 4.79 Å². The number of benzene rings is 2. The van der Waals surface area contributed by atoms with Crippen molar-refractivity contribution in [3.63, 3.8) is 0 Å². The summed E-state index contributed by atoms with van der Waals surface area (Å²) in [6.07, 6.45) is 0. The molecule has 0 spiro atoms. The van der Waals surface area contributed by atoms with Crippen LogP contribution in [0, 0.1) is 6.92 Å². The molecule has 0 aliphatic carbocycles. The quantitative estimate of drug-likeness (QED) is 0.549. The van der Waals surface area contributed by atoms with Gasteiger partial charge in [0.2, 0.25) is 5.13 Å². The highest BCUT2D eigenvalue weighted by Crippen LogP contribution is 2.27. The van der Waals surface area contributed by atoms with Gasteiger partial charge in [-0.1, -0.05) is 71.5 Å². The second-order valence-corrected chi connectivity index (χ2v) is 7.47. The molecule has 1 N–H and O–H groups in total. The molecule has 0 unspecified atom stereocenters. The highest BCUT2D eigenvalue weighted by Gasteiger charge is 2.15. The Morgan fingerprint density at radius 3 is 2.42 bits per heavy atom. The van der Waals surface area contributed by atoms with Crippen molar-refractivity contribution in [2.45, 2.75) is 6.92 Å². The van der Waals surface area contributed by atoms with E-state index < -0.39 is 0 Å². The van der Waals surface area contributed by atoms with Gasteiger partial charge >= 0.3 is 0 Å². The van der Waals surface area contributed by atoms with Gasteiger partial charge in [0.05, 0.1) is 0 Å². The molecule has 26 heavy (non-hydrogen) atoms. The molecule has 2 aromatic heterocycles. The second-order valence-electron chi connectivity index (χ2n) is 5.64. The van der Waals surface area contributed by atoms with Crippen LogP contribution in [0.1, 0.15) is 16.1 Å². The van der Waals surface area contributed by atoms with Crippen LogP contribution in [0.25, 0.3) is 21.1 Å². The molecule has 0 fully saturated rings. The normalized spacial score (nSPS) is 10.7. The van der Waals surface area contributed by atoms with Gasteiger partial charge in [-0.05, 0) is 6.92 Å². The number of nitrogens with one attached hydrogen (secondary N) is 1. The van der Waals surface area contributed by atoms with E-state index in [0.717, 1.165) is 21.1 Å². The van der Waals surface area contributed by atoms with E-state index in [9.17, 15) is 4.79 Å². The monoisotopic (exact) mass is 378 g/mol. The molecule has 4 rings (SSSR count). The molecule has 0 radical (unpaired) electrons. The van der Waals surface area contributed by atoms with Crippen LogP contribution in [0.5, 0.6) is 0 Å². The van der Waals surface area contributed by atoms with Crippen LogP contribution >= 0.6 is 22.7 Å². The molecule has 7 heteroatoms. The van der Waals surface area contributed by atoms with Crippen molar-refractivity contribution in [2.75, 3.05) is 5.32 Å². The lowest BCUT2D eigenvalue weighted by molar-refractivity contribution is 0.102. The van der Waals surface area contributed by atoms with Crippen molar-refractivity contribution in [2.24, 2.45) is 0 Å². The zero-order valence-corrected chi connectivity index (χ0v) is 15.5. The molecule has 0 saturated heterocycles. The van der Waals surface area contributed by atoms with Crippen LogP contribution in [0.15, 0.2) is 60.0 Å². The van der Waals surface area contributed by atoms with Crippen LogP contribution < -0.4 is 5.32 Å². The lowest BCUT2D eigenvalue weighted by Gasteiger charge is -1.98. The molecule has 0 atom stereocenters. The standard InChI is InChI=1S/C19H14N4OS2/c1-12-7-9-14(10-8-12)17-20-15(11-25-17)16(24)21-19-23-22-18(26-19)13-5-3-2-4-6-13/h2-11H,1H3,(H,21,23,24). The summed E-state index contributed by atoms with van der Waals surface area (Å²) in [5.74, 6) is -0.282. The van der Waals surface area contributed by atoms with E-state index >= 15 is 0 Å². The topological polar surface area (TPSA) is 67.8 Å². The molecule has 4 aromatic rings. The molecule has 2 aromatic carbocycles. The Kier molecular flexibility index (Phi) is 4.55. The summed E-state index contributed by atoms with van der Waals surface area (Å²) in [6.45, 7) is 2.04. The molecule has 0 aliphatic rings. The third-order valence-electron chi connectivity index (χ3n) is 3.70. The van der Waals surface area contributed by atoms with Crippen molar-refractivity contribution in [3.05, 3.63) is 71.2 Å². The Morgan fingerprint density at radius 1 is 0.923 bits per heavy atom. The van der Waals surface area contributed by atoms with E-state index in [0.29, 0.717) is 10.8 Å². The summed E-state index contributed by atoms with van der Waals surface area (Å²) in [5.41, 5.74) is 3.54. The summed E-state index contributed by atoms with van der Waals surface area (Å²) < 4.78 is 0. The Morgan fingerprint density at radius 2 is 1.65 bits per heavy atom. The summed E-state index contributed by atoms with van der Waals surface area (Å²) in [5, 5.41) is 14.7. The fraction of sp³-hybridized carbons (Fsp3) is 0.0526. The Hall–Kier alpha value is -2.90. The average molecular weight is 378 g/mol. The minimum absolute atomic E-state index is 0.282. The number of hydrogen-bond donors (Lipinski definition) is 1. The minimum atomic E-state index is -0.282. The first-order valence-corrected chi connectivity index (χ1v) is 9.61. The van der Waals surface area contributed by atoms with Gasteiger partial charge in [0.1, 0.15) is 15.7 Å². The second kappa shape index (κ2) is 7.15. The molecule has 128 valence electrons. The molecular weight excluding hydrogens is 364 g/mol. The molecular formula is C19H14N4OS2. The van der Waals surface area contributed by atoms with Gasteiger partial charge in [0.25, 0.3) is 5.91 Å². The lowest BCUT2D eigenvalue weighted by Crippen LogP contribution is -2.12. The van der Waals surface area contributed by atoms with Crippen molar-refractivity contribution in [1.29, 1.82) is 0 Å². The van der Waals surface area contributed by atoms with Gasteiger partial charge in [0, 0.05) is 16.5 Å². The fourth-order valence-corrected chi connectivity index (χ4v) is 3.89. The number of aryl methyl sites for hydroxylation is 1. The number of nitrogens with zero attached hydrogens (tertiary/aromatic N) is 3. The molecule has 1 amide bonds. The summed E-state index contributed by atoms with van der Waals surface area (Å²) >= 11 is 2.78. The maximum absolute atomic E-state index is 12.4. The zero-order chi connectivity index (χ0) is 17.9. The average Bonchev–Trinajstić information content (AvgIpc) is 3.33. The largest absolute Gasteiger partial charge is 0.295 e. The van der Waals surface area contributed by atoms with E-state index in [1.54, 1.807) is 5.38 Å². The maximum Gasteiger partial charge on any atom is 0.276 e. The molecule has 2 heterocycles. The van der Waals surface area contributed by atoms with Crippen LogP contribution in [0.2, 0.25) is 0 Å². The van der Waals surface area contributed by atoms with Gasteiger partial charge in [-0.2, -0.15) is 0 Å². The highest BCUT2D eigenvalue weighted by atomic mass is 32.1. The Labute approximate surface area is 158 Å². The van der Waals surface area contributed by atoms with Crippen LogP contribution in [0.3, 0.4) is 0 Å². The number of anilines is 1. The first kappa shape index (κ1) is 16.6. The summed E-state index contributed by atoms with van der Waals surface area (Å²) in [6, 6.07) is 17.8. The smallest absolute Gasteiger partial charge is 0.276 e. The number of carbonyl (C=O) groups excluding carboxylic acids is 1. The van der Waals surface area contributed by atoms with E-state index in [-0.39, 0.29) is 5.91 Å². The van der Waals surface area contributed by atoms with E-state index in [4.69, 9.17) is 0 Å². The van der Waals surface area contributed by atoms with Gasteiger partial charge < -0.3 is 0 Å². The van der Waals surface area contributed by atoms with Gasteiger partial charge in [-0.25, -0.2) is 4.98 Å². The Balaban J connectivity index is 1.49. The maximum atomic E-state index is 12.4. The SMILES string of the molecule is Cc1ccc(-c2nc(C(=O)Nc3nnc(-c4ccccc4)s3)cs2)cc1. The Bertz CT molecular complexity index is 1040. The van der Waals surface area contributed by atoms with Crippen LogP contribution in [-0.2, 0) is 0 Å². The molecule has 5 nitrogen and oxygen atoms in total. The first-order chi connectivity index (χ1) is 12.7. The number of aromatic nitrogens is 3.